The average molecular weight is 325 g/mol. The highest BCUT2D eigenvalue weighted by Gasteiger charge is 2.31. The van der Waals surface area contributed by atoms with Gasteiger partial charge in [0.1, 0.15) is 0 Å². The summed E-state index contributed by atoms with van der Waals surface area (Å²) in [5.74, 6) is 0. The molecule has 0 bridgehead atoms. The maximum absolute atomic E-state index is 12.7. The number of hydrogen-bond acceptors (Lipinski definition) is 2. The number of benzene rings is 2. The summed E-state index contributed by atoms with van der Waals surface area (Å²) < 4.78 is 64.1. The zero-order chi connectivity index (χ0) is 16.0. The second-order valence-corrected chi connectivity index (χ2v) is 6.52. The van der Waals surface area contributed by atoms with Gasteiger partial charge in [-0.25, -0.2) is 12.4 Å². The quantitative estimate of drug-likeness (QED) is 0.717. The summed E-state index contributed by atoms with van der Waals surface area (Å²) in [5, 5.41) is 0.217. The number of alkyl halides is 3. The SMILES string of the molecule is O=S(=O)(c1ccccc1)n1ccc2cc(C(F)(F)F)ccc21. The third-order valence-corrected chi connectivity index (χ3v) is 4.99. The topological polar surface area (TPSA) is 39.1 Å². The molecule has 22 heavy (non-hydrogen) atoms. The van der Waals surface area contributed by atoms with Crippen LogP contribution in [-0.2, 0) is 16.2 Å². The summed E-state index contributed by atoms with van der Waals surface area (Å²) in [7, 11) is -3.84. The Balaban J connectivity index is 2.18. The van der Waals surface area contributed by atoms with Gasteiger partial charge in [-0.05, 0) is 36.4 Å². The monoisotopic (exact) mass is 325 g/mol. The Morgan fingerprint density at radius 3 is 2.23 bits per heavy atom. The number of nitrogens with zero attached hydrogens (tertiary/aromatic N) is 1. The van der Waals surface area contributed by atoms with Crippen molar-refractivity contribution >= 4 is 20.9 Å². The van der Waals surface area contributed by atoms with Crippen LogP contribution in [0.3, 0.4) is 0 Å². The molecular weight excluding hydrogens is 315 g/mol. The van der Waals surface area contributed by atoms with Gasteiger partial charge in [-0.2, -0.15) is 13.2 Å². The molecule has 1 heterocycles. The predicted octanol–water partition coefficient (Wildman–Crippen LogP) is 3.90. The molecule has 0 N–H and O–H groups in total. The average Bonchev–Trinajstić information content (AvgIpc) is 2.91. The number of rotatable bonds is 2. The van der Waals surface area contributed by atoms with Crippen LogP contribution in [0, 0.1) is 0 Å². The standard InChI is InChI=1S/C15H10F3NO2S/c16-15(17,18)12-6-7-14-11(10-12)8-9-19(14)22(20,21)13-4-2-1-3-5-13/h1-10H. The van der Waals surface area contributed by atoms with Gasteiger partial charge in [0.05, 0.1) is 16.0 Å². The van der Waals surface area contributed by atoms with Gasteiger partial charge in [0.2, 0.25) is 0 Å². The van der Waals surface area contributed by atoms with E-state index in [0.29, 0.717) is 0 Å². The lowest BCUT2D eigenvalue weighted by Crippen LogP contribution is -2.11. The largest absolute Gasteiger partial charge is 0.416 e. The fourth-order valence-electron chi connectivity index (χ4n) is 2.21. The third-order valence-electron chi connectivity index (χ3n) is 3.28. The number of fused-ring (bicyclic) bond motifs is 1. The molecule has 0 saturated heterocycles. The van der Waals surface area contributed by atoms with Crippen molar-refractivity contribution in [1.29, 1.82) is 0 Å². The van der Waals surface area contributed by atoms with E-state index < -0.39 is 21.8 Å². The second kappa shape index (κ2) is 4.88. The molecule has 1 aromatic heterocycles. The van der Waals surface area contributed by atoms with E-state index in [-0.39, 0.29) is 15.8 Å². The Bertz CT molecular complexity index is 928. The van der Waals surface area contributed by atoms with Crippen molar-refractivity contribution in [3.05, 3.63) is 66.4 Å². The highest BCUT2D eigenvalue weighted by atomic mass is 32.2. The van der Waals surface area contributed by atoms with Crippen LogP contribution < -0.4 is 0 Å². The minimum atomic E-state index is -4.46. The normalized spacial score (nSPS) is 12.7. The molecule has 0 aliphatic heterocycles. The van der Waals surface area contributed by atoms with Crippen LogP contribution in [0.1, 0.15) is 5.56 Å². The van der Waals surface area contributed by atoms with Gasteiger partial charge in [0.25, 0.3) is 10.0 Å². The van der Waals surface area contributed by atoms with Crippen LogP contribution >= 0.6 is 0 Å². The number of hydrogen-bond donors (Lipinski definition) is 0. The Kier molecular flexibility index (Phi) is 3.25. The molecule has 3 nitrogen and oxygen atoms in total. The van der Waals surface area contributed by atoms with E-state index in [1.54, 1.807) is 18.2 Å². The molecule has 0 atom stereocenters. The Morgan fingerprint density at radius 1 is 0.909 bits per heavy atom. The van der Waals surface area contributed by atoms with Crippen LogP contribution in [0.2, 0.25) is 0 Å². The predicted molar refractivity (Wildman–Crippen MR) is 76.0 cm³/mol. The second-order valence-electron chi connectivity index (χ2n) is 4.70. The Hall–Kier alpha value is -2.28. The molecule has 0 aliphatic rings. The minimum absolute atomic E-state index is 0.0763. The van der Waals surface area contributed by atoms with Gasteiger partial charge in [0, 0.05) is 11.6 Å². The maximum atomic E-state index is 12.7. The zero-order valence-corrected chi connectivity index (χ0v) is 11.9. The molecule has 0 radical (unpaired) electrons. The molecule has 0 aliphatic carbocycles. The molecule has 3 rings (SSSR count). The number of halogens is 3. The van der Waals surface area contributed by atoms with Crippen LogP contribution in [0.25, 0.3) is 10.9 Å². The molecule has 0 spiro atoms. The lowest BCUT2D eigenvalue weighted by Gasteiger charge is -2.09. The Labute approximate surface area is 124 Å². The van der Waals surface area contributed by atoms with Crippen molar-refractivity contribution in [3.63, 3.8) is 0 Å². The van der Waals surface area contributed by atoms with E-state index in [2.05, 4.69) is 0 Å². The van der Waals surface area contributed by atoms with E-state index in [4.69, 9.17) is 0 Å². The molecule has 0 amide bonds. The molecule has 3 aromatic rings. The van der Waals surface area contributed by atoms with E-state index in [1.807, 2.05) is 0 Å². The van der Waals surface area contributed by atoms with Gasteiger partial charge in [-0.15, -0.1) is 0 Å². The van der Waals surface area contributed by atoms with Crippen molar-refractivity contribution in [3.8, 4) is 0 Å². The molecule has 0 unspecified atom stereocenters. The van der Waals surface area contributed by atoms with Gasteiger partial charge >= 0.3 is 6.18 Å². The number of aromatic nitrogens is 1. The highest BCUT2D eigenvalue weighted by Crippen LogP contribution is 2.32. The van der Waals surface area contributed by atoms with Gasteiger partial charge in [-0.3, -0.25) is 0 Å². The minimum Gasteiger partial charge on any atom is -0.241 e. The smallest absolute Gasteiger partial charge is 0.241 e. The Morgan fingerprint density at radius 2 is 1.59 bits per heavy atom. The van der Waals surface area contributed by atoms with Gasteiger partial charge < -0.3 is 0 Å². The third kappa shape index (κ3) is 2.37. The lowest BCUT2D eigenvalue weighted by molar-refractivity contribution is -0.137. The molecule has 0 saturated carbocycles. The highest BCUT2D eigenvalue weighted by molar-refractivity contribution is 7.90. The molecule has 114 valence electrons. The van der Waals surface area contributed by atoms with E-state index in [1.165, 1.54) is 30.5 Å². The van der Waals surface area contributed by atoms with Crippen molar-refractivity contribution in [1.82, 2.24) is 3.97 Å². The molecule has 7 heteroatoms. The van der Waals surface area contributed by atoms with Crippen molar-refractivity contribution in [2.45, 2.75) is 11.1 Å². The summed E-state index contributed by atoms with van der Waals surface area (Å²) in [6.45, 7) is 0. The van der Waals surface area contributed by atoms with Gasteiger partial charge in [-0.1, -0.05) is 18.2 Å². The van der Waals surface area contributed by atoms with Crippen molar-refractivity contribution in [2.24, 2.45) is 0 Å². The fourth-order valence-corrected chi connectivity index (χ4v) is 3.58. The summed E-state index contributed by atoms with van der Waals surface area (Å²) >= 11 is 0. The molecule has 0 fully saturated rings. The van der Waals surface area contributed by atoms with E-state index in [9.17, 15) is 21.6 Å². The van der Waals surface area contributed by atoms with Crippen LogP contribution in [-0.4, -0.2) is 12.4 Å². The first-order valence-electron chi connectivity index (χ1n) is 6.29. The summed E-state index contributed by atoms with van der Waals surface area (Å²) in [6.07, 6.45) is -3.21. The van der Waals surface area contributed by atoms with E-state index in [0.717, 1.165) is 16.1 Å². The first-order valence-corrected chi connectivity index (χ1v) is 7.73. The fraction of sp³-hybridized carbons (Fsp3) is 0.0667. The zero-order valence-electron chi connectivity index (χ0n) is 11.1. The first kappa shape index (κ1) is 14.6. The molecule has 2 aromatic carbocycles. The summed E-state index contributed by atoms with van der Waals surface area (Å²) in [6, 6.07) is 12.1. The van der Waals surface area contributed by atoms with Crippen LogP contribution in [0.15, 0.2) is 65.7 Å². The molecular formula is C15H10F3NO2S. The van der Waals surface area contributed by atoms with Crippen molar-refractivity contribution < 1.29 is 21.6 Å². The van der Waals surface area contributed by atoms with Gasteiger partial charge in [0.15, 0.2) is 0 Å². The first-order chi connectivity index (χ1) is 10.3. The lowest BCUT2D eigenvalue weighted by atomic mass is 10.1. The van der Waals surface area contributed by atoms with E-state index >= 15 is 0 Å². The van der Waals surface area contributed by atoms with Crippen LogP contribution in [0.5, 0.6) is 0 Å². The summed E-state index contributed by atoms with van der Waals surface area (Å²) in [5.41, 5.74) is -0.605. The summed E-state index contributed by atoms with van der Waals surface area (Å²) in [4.78, 5) is 0.0763. The van der Waals surface area contributed by atoms with Crippen LogP contribution in [0.4, 0.5) is 13.2 Å². The van der Waals surface area contributed by atoms with Crippen molar-refractivity contribution in [2.75, 3.05) is 0 Å². The maximum Gasteiger partial charge on any atom is 0.416 e.